The normalized spacial score (nSPS) is 11.0. The molecule has 0 saturated heterocycles. The molecule has 1 aromatic carbocycles. The summed E-state index contributed by atoms with van der Waals surface area (Å²) < 4.78 is 11.9. The van der Waals surface area contributed by atoms with Gasteiger partial charge in [0.1, 0.15) is 0 Å². The summed E-state index contributed by atoms with van der Waals surface area (Å²) in [6.45, 7) is 3.81. The van der Waals surface area contributed by atoms with E-state index in [0.29, 0.717) is 28.2 Å². The Labute approximate surface area is 137 Å². The number of aromatic nitrogens is 2. The van der Waals surface area contributed by atoms with Crippen LogP contribution in [-0.2, 0) is 7.05 Å². The largest absolute Gasteiger partial charge is 0.475 e. The van der Waals surface area contributed by atoms with Gasteiger partial charge in [-0.25, -0.2) is 9.78 Å². The molecular weight excluding hydrogens is 310 g/mol. The highest BCUT2D eigenvalue weighted by atomic mass is 16.5. The van der Waals surface area contributed by atoms with Crippen molar-refractivity contribution in [3.05, 3.63) is 52.6 Å². The lowest BCUT2D eigenvalue weighted by atomic mass is 10.2. The molecule has 0 unspecified atom stereocenters. The van der Waals surface area contributed by atoms with Crippen molar-refractivity contribution in [1.82, 2.24) is 9.55 Å². The SMILES string of the molecule is CC(C)Oc1ccc(C(=O)Nc2ccc3c(c2)oc(=O)n3C)cn1. The maximum absolute atomic E-state index is 12.3. The second-order valence-electron chi connectivity index (χ2n) is 5.62. The zero-order valence-corrected chi connectivity index (χ0v) is 13.6. The number of nitrogens with zero attached hydrogens (tertiary/aromatic N) is 2. The number of rotatable bonds is 4. The van der Waals surface area contributed by atoms with Crippen LogP contribution < -0.4 is 15.8 Å². The molecule has 1 amide bonds. The number of amides is 1. The molecule has 1 N–H and O–H groups in total. The van der Waals surface area contributed by atoms with E-state index >= 15 is 0 Å². The quantitative estimate of drug-likeness (QED) is 0.796. The van der Waals surface area contributed by atoms with Gasteiger partial charge in [-0.15, -0.1) is 0 Å². The van der Waals surface area contributed by atoms with Crippen molar-refractivity contribution in [2.75, 3.05) is 5.32 Å². The maximum atomic E-state index is 12.3. The van der Waals surface area contributed by atoms with Gasteiger partial charge < -0.3 is 14.5 Å². The maximum Gasteiger partial charge on any atom is 0.419 e. The number of carbonyl (C=O) groups excluding carboxylic acids is 1. The van der Waals surface area contributed by atoms with Crippen molar-refractivity contribution >= 4 is 22.7 Å². The zero-order chi connectivity index (χ0) is 17.3. The van der Waals surface area contributed by atoms with Crippen LogP contribution in [0.3, 0.4) is 0 Å². The third-order valence-corrected chi connectivity index (χ3v) is 3.41. The van der Waals surface area contributed by atoms with Crippen LogP contribution in [0.15, 0.2) is 45.7 Å². The van der Waals surface area contributed by atoms with Gasteiger partial charge in [-0.1, -0.05) is 0 Å². The van der Waals surface area contributed by atoms with Gasteiger partial charge in [-0.2, -0.15) is 0 Å². The first kappa shape index (κ1) is 15.8. The zero-order valence-electron chi connectivity index (χ0n) is 13.6. The Morgan fingerprint density at radius 2 is 2.08 bits per heavy atom. The number of hydrogen-bond donors (Lipinski definition) is 1. The van der Waals surface area contributed by atoms with Crippen LogP contribution in [-0.4, -0.2) is 21.6 Å². The van der Waals surface area contributed by atoms with E-state index in [1.165, 1.54) is 10.8 Å². The number of anilines is 1. The third kappa shape index (κ3) is 3.15. The molecule has 3 rings (SSSR count). The molecule has 7 nitrogen and oxygen atoms in total. The highest BCUT2D eigenvalue weighted by Gasteiger charge is 2.10. The number of ether oxygens (including phenoxy) is 1. The second-order valence-corrected chi connectivity index (χ2v) is 5.62. The van der Waals surface area contributed by atoms with Crippen LogP contribution in [0.5, 0.6) is 5.88 Å². The first-order valence-electron chi connectivity index (χ1n) is 7.47. The number of oxazole rings is 1. The van der Waals surface area contributed by atoms with Gasteiger partial charge in [0.2, 0.25) is 5.88 Å². The average Bonchev–Trinajstić information content (AvgIpc) is 2.81. The topological polar surface area (TPSA) is 86.4 Å². The third-order valence-electron chi connectivity index (χ3n) is 3.41. The summed E-state index contributed by atoms with van der Waals surface area (Å²) in [7, 11) is 1.62. The summed E-state index contributed by atoms with van der Waals surface area (Å²) in [6, 6.07) is 8.32. The molecule has 0 fully saturated rings. The highest BCUT2D eigenvalue weighted by Crippen LogP contribution is 2.19. The monoisotopic (exact) mass is 327 g/mol. The fourth-order valence-electron chi connectivity index (χ4n) is 2.24. The Kier molecular flexibility index (Phi) is 4.07. The lowest BCUT2D eigenvalue weighted by molar-refractivity contribution is 0.102. The van der Waals surface area contributed by atoms with Gasteiger partial charge in [-0.3, -0.25) is 9.36 Å². The summed E-state index contributed by atoms with van der Waals surface area (Å²) in [5.74, 6) is -0.288. The molecule has 2 heterocycles. The summed E-state index contributed by atoms with van der Waals surface area (Å²) in [4.78, 5) is 27.9. The molecule has 0 radical (unpaired) electrons. The molecule has 0 saturated carbocycles. The van der Waals surface area contributed by atoms with E-state index in [2.05, 4.69) is 10.3 Å². The van der Waals surface area contributed by atoms with E-state index in [-0.39, 0.29) is 12.0 Å². The van der Waals surface area contributed by atoms with E-state index in [0.717, 1.165) is 0 Å². The Bertz CT molecular complexity index is 939. The van der Waals surface area contributed by atoms with Crippen molar-refractivity contribution in [3.8, 4) is 5.88 Å². The van der Waals surface area contributed by atoms with E-state index in [9.17, 15) is 9.59 Å². The first-order valence-corrected chi connectivity index (χ1v) is 7.47. The number of pyridine rings is 1. The van der Waals surface area contributed by atoms with E-state index < -0.39 is 5.76 Å². The van der Waals surface area contributed by atoms with E-state index in [1.54, 1.807) is 37.4 Å². The van der Waals surface area contributed by atoms with Crippen LogP contribution in [0, 0.1) is 0 Å². The predicted molar refractivity (Wildman–Crippen MR) is 89.4 cm³/mol. The van der Waals surface area contributed by atoms with Gasteiger partial charge in [0.05, 0.1) is 17.2 Å². The van der Waals surface area contributed by atoms with Crippen molar-refractivity contribution in [2.45, 2.75) is 20.0 Å². The molecule has 0 aliphatic rings. The van der Waals surface area contributed by atoms with Gasteiger partial charge >= 0.3 is 5.76 Å². The molecule has 0 spiro atoms. The Hall–Kier alpha value is -3.09. The van der Waals surface area contributed by atoms with Crippen molar-refractivity contribution in [1.29, 1.82) is 0 Å². The molecule has 2 aromatic heterocycles. The highest BCUT2D eigenvalue weighted by molar-refractivity contribution is 6.04. The number of hydrogen-bond acceptors (Lipinski definition) is 5. The van der Waals surface area contributed by atoms with Gasteiger partial charge in [0.15, 0.2) is 5.58 Å². The Balaban J connectivity index is 1.78. The predicted octanol–water partition coefficient (Wildman–Crippen LogP) is 2.57. The molecule has 124 valence electrons. The minimum absolute atomic E-state index is 0.0180. The van der Waals surface area contributed by atoms with Gasteiger partial charge in [0.25, 0.3) is 5.91 Å². The van der Waals surface area contributed by atoms with Gasteiger partial charge in [-0.05, 0) is 32.0 Å². The minimum atomic E-state index is -0.446. The number of carbonyl (C=O) groups is 1. The number of fused-ring (bicyclic) bond motifs is 1. The summed E-state index contributed by atoms with van der Waals surface area (Å²) >= 11 is 0. The number of aryl methyl sites for hydroxylation is 1. The van der Waals surface area contributed by atoms with Gasteiger partial charge in [0, 0.05) is 31.1 Å². The molecule has 3 aromatic rings. The van der Waals surface area contributed by atoms with E-state index in [4.69, 9.17) is 9.15 Å². The lowest BCUT2D eigenvalue weighted by Crippen LogP contribution is -2.13. The second kappa shape index (κ2) is 6.19. The van der Waals surface area contributed by atoms with Crippen LogP contribution >= 0.6 is 0 Å². The number of nitrogens with one attached hydrogen (secondary N) is 1. The number of benzene rings is 1. The first-order chi connectivity index (χ1) is 11.4. The molecular formula is C17H17N3O4. The van der Waals surface area contributed by atoms with Crippen LogP contribution in [0.25, 0.3) is 11.1 Å². The average molecular weight is 327 g/mol. The molecule has 7 heteroatoms. The lowest BCUT2D eigenvalue weighted by Gasteiger charge is -2.09. The minimum Gasteiger partial charge on any atom is -0.475 e. The molecule has 24 heavy (non-hydrogen) atoms. The van der Waals surface area contributed by atoms with Crippen LogP contribution in [0.1, 0.15) is 24.2 Å². The summed E-state index contributed by atoms with van der Waals surface area (Å²) in [6.07, 6.45) is 1.47. The molecule has 0 aliphatic heterocycles. The van der Waals surface area contributed by atoms with Crippen molar-refractivity contribution in [3.63, 3.8) is 0 Å². The van der Waals surface area contributed by atoms with E-state index in [1.807, 2.05) is 13.8 Å². The fraction of sp³-hybridized carbons (Fsp3) is 0.235. The van der Waals surface area contributed by atoms with Crippen molar-refractivity contribution in [2.24, 2.45) is 7.05 Å². The smallest absolute Gasteiger partial charge is 0.419 e. The fourth-order valence-corrected chi connectivity index (χ4v) is 2.24. The Morgan fingerprint density at radius 1 is 1.29 bits per heavy atom. The van der Waals surface area contributed by atoms with Crippen LogP contribution in [0.4, 0.5) is 5.69 Å². The van der Waals surface area contributed by atoms with Crippen molar-refractivity contribution < 1.29 is 13.9 Å². The van der Waals surface area contributed by atoms with Crippen LogP contribution in [0.2, 0.25) is 0 Å². The molecule has 0 aliphatic carbocycles. The standard InChI is InChI=1S/C17H17N3O4/c1-10(2)23-15-7-4-11(9-18-15)16(21)19-12-5-6-13-14(8-12)24-17(22)20(13)3/h4-10H,1-3H3,(H,19,21). The summed E-state index contributed by atoms with van der Waals surface area (Å²) in [5.41, 5.74) is 2.01. The summed E-state index contributed by atoms with van der Waals surface area (Å²) in [5, 5.41) is 2.75. The molecule has 0 atom stereocenters. The molecule has 0 bridgehead atoms. The Morgan fingerprint density at radius 3 is 2.75 bits per heavy atom.